The zero-order chi connectivity index (χ0) is 23.8. The molecule has 0 atom stereocenters. The first-order chi connectivity index (χ1) is 15.9. The lowest BCUT2D eigenvalue weighted by molar-refractivity contribution is -0.134. The zero-order valence-electron chi connectivity index (χ0n) is 18.7. The fraction of sp³-hybridized carbons (Fsp3) is 0.375. The number of hydrogen-bond acceptors (Lipinski definition) is 6. The number of carbonyl (C=O) groups is 3. The summed E-state index contributed by atoms with van der Waals surface area (Å²) in [5, 5.41) is 2.97. The molecular weight excluding hydrogens is 448 g/mol. The molecule has 1 aliphatic rings. The van der Waals surface area contributed by atoms with E-state index in [1.54, 1.807) is 17.0 Å². The summed E-state index contributed by atoms with van der Waals surface area (Å²) in [5.74, 6) is -0.327. The number of methoxy groups -OCH3 is 1. The smallest absolute Gasteiger partial charge is 0.337 e. The van der Waals surface area contributed by atoms with Crippen LogP contribution in [0.5, 0.6) is 11.5 Å². The van der Waals surface area contributed by atoms with Gasteiger partial charge in [-0.2, -0.15) is 0 Å². The number of hydrogen-bond donors (Lipinski definition) is 1. The molecule has 2 aromatic carbocycles. The van der Waals surface area contributed by atoms with Crippen LogP contribution in [0, 0.1) is 0 Å². The van der Waals surface area contributed by atoms with Crippen molar-refractivity contribution in [1.29, 1.82) is 0 Å². The lowest BCUT2D eigenvalue weighted by Gasteiger charge is -2.26. The molecule has 33 heavy (non-hydrogen) atoms. The van der Waals surface area contributed by atoms with Crippen LogP contribution < -0.4 is 14.8 Å². The predicted octanol–water partition coefficient (Wildman–Crippen LogP) is 4.17. The van der Waals surface area contributed by atoms with Crippen molar-refractivity contribution in [1.82, 2.24) is 4.90 Å². The van der Waals surface area contributed by atoms with Gasteiger partial charge in [0.25, 0.3) is 11.8 Å². The highest BCUT2D eigenvalue weighted by Gasteiger charge is 2.19. The molecule has 0 aromatic heterocycles. The quantitative estimate of drug-likeness (QED) is 0.577. The molecule has 1 N–H and O–H groups in total. The van der Waals surface area contributed by atoms with Gasteiger partial charge in [0, 0.05) is 18.7 Å². The van der Waals surface area contributed by atoms with Gasteiger partial charge >= 0.3 is 5.97 Å². The van der Waals surface area contributed by atoms with Crippen LogP contribution in [-0.4, -0.2) is 56.1 Å². The number of nitrogens with one attached hydrogen (secondary N) is 1. The molecule has 0 spiro atoms. The number of amides is 2. The Kier molecular flexibility index (Phi) is 8.54. The van der Waals surface area contributed by atoms with Gasteiger partial charge in [-0.1, -0.05) is 11.6 Å². The summed E-state index contributed by atoms with van der Waals surface area (Å²) in [4.78, 5) is 38.8. The first kappa shape index (κ1) is 24.4. The Labute approximate surface area is 197 Å². The fourth-order valence-corrected chi connectivity index (χ4v) is 3.64. The molecule has 3 rings (SSSR count). The first-order valence-corrected chi connectivity index (χ1v) is 11.2. The number of halogens is 1. The van der Waals surface area contributed by atoms with Gasteiger partial charge in [0.15, 0.2) is 18.1 Å². The second-order valence-electron chi connectivity index (χ2n) is 7.46. The normalized spacial score (nSPS) is 13.2. The van der Waals surface area contributed by atoms with E-state index in [4.69, 9.17) is 25.8 Å². The van der Waals surface area contributed by atoms with Crippen molar-refractivity contribution in [3.63, 3.8) is 0 Å². The average Bonchev–Trinajstić information content (AvgIpc) is 2.84. The standard InChI is InChI=1S/C24H27ClN2O6/c1-3-32-21-14-16(8-10-20(21)33-15-22(28)27-11-5-4-6-12-27)23(29)26-19-13-17(24(30)31-2)7-9-18(19)25/h7-10,13-14H,3-6,11-12,15H2,1-2H3,(H,26,29). The molecule has 0 unspecified atom stereocenters. The van der Waals surface area contributed by atoms with E-state index in [-0.39, 0.29) is 28.8 Å². The van der Waals surface area contributed by atoms with Crippen LogP contribution in [0.25, 0.3) is 0 Å². The van der Waals surface area contributed by atoms with Crippen LogP contribution in [0.15, 0.2) is 36.4 Å². The summed E-state index contributed by atoms with van der Waals surface area (Å²) in [6.45, 7) is 3.57. The van der Waals surface area contributed by atoms with E-state index in [1.807, 2.05) is 6.92 Å². The molecule has 1 saturated heterocycles. The van der Waals surface area contributed by atoms with Crippen molar-refractivity contribution >= 4 is 35.1 Å². The Morgan fingerprint density at radius 3 is 2.39 bits per heavy atom. The summed E-state index contributed by atoms with van der Waals surface area (Å²) < 4.78 is 16.0. The number of esters is 1. The lowest BCUT2D eigenvalue weighted by atomic mass is 10.1. The SMILES string of the molecule is CCOc1cc(C(=O)Nc2cc(C(=O)OC)ccc2Cl)ccc1OCC(=O)N1CCCCC1. The zero-order valence-corrected chi connectivity index (χ0v) is 19.4. The van der Waals surface area contributed by atoms with Gasteiger partial charge in [-0.05, 0) is 62.6 Å². The number of ether oxygens (including phenoxy) is 3. The van der Waals surface area contributed by atoms with Crippen LogP contribution in [-0.2, 0) is 9.53 Å². The van der Waals surface area contributed by atoms with Crippen molar-refractivity contribution in [2.24, 2.45) is 0 Å². The molecule has 0 aliphatic carbocycles. The van der Waals surface area contributed by atoms with Gasteiger partial charge < -0.3 is 24.4 Å². The summed E-state index contributed by atoms with van der Waals surface area (Å²) in [7, 11) is 1.27. The summed E-state index contributed by atoms with van der Waals surface area (Å²) in [5.41, 5.74) is 0.831. The molecule has 176 valence electrons. The van der Waals surface area contributed by atoms with Gasteiger partial charge in [0.05, 0.1) is 30.0 Å². The lowest BCUT2D eigenvalue weighted by Crippen LogP contribution is -2.38. The number of carbonyl (C=O) groups excluding carboxylic acids is 3. The summed E-state index contributed by atoms with van der Waals surface area (Å²) >= 11 is 6.17. The van der Waals surface area contributed by atoms with E-state index in [2.05, 4.69) is 5.32 Å². The molecule has 2 amide bonds. The molecule has 1 aliphatic heterocycles. The minimum atomic E-state index is -0.540. The third-order valence-electron chi connectivity index (χ3n) is 5.20. The minimum Gasteiger partial charge on any atom is -0.490 e. The van der Waals surface area contributed by atoms with E-state index in [0.717, 1.165) is 32.4 Å². The second-order valence-corrected chi connectivity index (χ2v) is 7.87. The summed E-state index contributed by atoms with van der Waals surface area (Å²) in [6.07, 6.45) is 3.15. The Hall–Kier alpha value is -3.26. The molecule has 2 aromatic rings. The Morgan fingerprint density at radius 2 is 1.70 bits per heavy atom. The Morgan fingerprint density at radius 1 is 0.970 bits per heavy atom. The van der Waals surface area contributed by atoms with Crippen LogP contribution in [0.2, 0.25) is 5.02 Å². The van der Waals surface area contributed by atoms with E-state index < -0.39 is 11.9 Å². The highest BCUT2D eigenvalue weighted by atomic mass is 35.5. The van der Waals surface area contributed by atoms with Gasteiger partial charge in [-0.3, -0.25) is 9.59 Å². The van der Waals surface area contributed by atoms with Crippen LogP contribution in [0.3, 0.4) is 0 Å². The van der Waals surface area contributed by atoms with Crippen molar-refractivity contribution in [2.45, 2.75) is 26.2 Å². The third kappa shape index (κ3) is 6.38. The molecule has 0 radical (unpaired) electrons. The van der Waals surface area contributed by atoms with Crippen LogP contribution in [0.1, 0.15) is 46.9 Å². The Bertz CT molecular complexity index is 1020. The predicted molar refractivity (Wildman–Crippen MR) is 124 cm³/mol. The number of benzene rings is 2. The minimum absolute atomic E-state index is 0.0703. The maximum atomic E-state index is 12.8. The molecule has 9 heteroatoms. The third-order valence-corrected chi connectivity index (χ3v) is 5.53. The fourth-order valence-electron chi connectivity index (χ4n) is 3.47. The van der Waals surface area contributed by atoms with E-state index in [1.165, 1.54) is 31.4 Å². The van der Waals surface area contributed by atoms with Gasteiger partial charge in [0.2, 0.25) is 0 Å². The second kappa shape index (κ2) is 11.6. The molecular formula is C24H27ClN2O6. The number of rotatable bonds is 8. The topological polar surface area (TPSA) is 94.2 Å². The number of likely N-dealkylation sites (tertiary alicyclic amines) is 1. The number of nitrogens with zero attached hydrogens (tertiary/aromatic N) is 1. The van der Waals surface area contributed by atoms with Crippen molar-refractivity contribution in [3.8, 4) is 11.5 Å². The van der Waals surface area contributed by atoms with Crippen molar-refractivity contribution < 1.29 is 28.6 Å². The highest BCUT2D eigenvalue weighted by molar-refractivity contribution is 6.34. The van der Waals surface area contributed by atoms with Crippen molar-refractivity contribution in [3.05, 3.63) is 52.5 Å². The maximum Gasteiger partial charge on any atom is 0.337 e. The number of piperidine rings is 1. The summed E-state index contributed by atoms with van der Waals surface area (Å²) in [6, 6.07) is 9.16. The maximum absolute atomic E-state index is 12.8. The molecule has 1 fully saturated rings. The average molecular weight is 475 g/mol. The monoisotopic (exact) mass is 474 g/mol. The Balaban J connectivity index is 1.72. The molecule has 0 bridgehead atoms. The highest BCUT2D eigenvalue weighted by Crippen LogP contribution is 2.30. The molecule has 1 heterocycles. The van der Waals surface area contributed by atoms with Crippen LogP contribution >= 0.6 is 11.6 Å². The van der Waals surface area contributed by atoms with Crippen molar-refractivity contribution in [2.75, 3.05) is 38.7 Å². The van der Waals surface area contributed by atoms with E-state index >= 15 is 0 Å². The van der Waals surface area contributed by atoms with E-state index in [0.29, 0.717) is 23.7 Å². The number of anilines is 1. The van der Waals surface area contributed by atoms with Gasteiger partial charge in [0.1, 0.15) is 0 Å². The van der Waals surface area contributed by atoms with Gasteiger partial charge in [-0.25, -0.2) is 4.79 Å². The molecule has 0 saturated carbocycles. The van der Waals surface area contributed by atoms with Crippen LogP contribution in [0.4, 0.5) is 5.69 Å². The van der Waals surface area contributed by atoms with E-state index in [9.17, 15) is 14.4 Å². The molecule has 8 nitrogen and oxygen atoms in total. The van der Waals surface area contributed by atoms with Gasteiger partial charge in [-0.15, -0.1) is 0 Å². The first-order valence-electron chi connectivity index (χ1n) is 10.8. The largest absolute Gasteiger partial charge is 0.490 e.